The molecule has 3 N–H and O–H groups in total. The summed E-state index contributed by atoms with van der Waals surface area (Å²) in [6, 6.07) is 10.1. The van der Waals surface area contributed by atoms with Gasteiger partial charge in [0.15, 0.2) is 11.8 Å². The normalized spacial score (nSPS) is 22.3. The lowest BCUT2D eigenvalue weighted by molar-refractivity contribution is -0.117. The summed E-state index contributed by atoms with van der Waals surface area (Å²) in [5, 5.41) is 8.46. The molecule has 0 bridgehead atoms. The molecule has 2 amide bonds. The number of nitrogens with one attached hydrogen (secondary N) is 3. The van der Waals surface area contributed by atoms with Crippen LogP contribution in [0.15, 0.2) is 47.5 Å². The highest BCUT2D eigenvalue weighted by Crippen LogP contribution is 2.47. The first kappa shape index (κ1) is 20.5. The third-order valence-corrected chi connectivity index (χ3v) is 6.67. The lowest BCUT2D eigenvalue weighted by atomic mass is 10.1. The first-order valence-electron chi connectivity index (χ1n) is 11.1. The molecule has 3 heterocycles. The Hall–Kier alpha value is -4.08. The van der Waals surface area contributed by atoms with Gasteiger partial charge in [0, 0.05) is 18.4 Å². The predicted octanol–water partition coefficient (Wildman–Crippen LogP) is 2.70. The van der Waals surface area contributed by atoms with E-state index in [0.717, 1.165) is 18.4 Å². The second-order valence-electron chi connectivity index (χ2n) is 9.02. The van der Waals surface area contributed by atoms with E-state index in [9.17, 15) is 14.4 Å². The lowest BCUT2D eigenvalue weighted by Gasteiger charge is -2.29. The van der Waals surface area contributed by atoms with Crippen molar-refractivity contribution in [3.8, 4) is 0 Å². The summed E-state index contributed by atoms with van der Waals surface area (Å²) in [6.07, 6.45) is 1.59. The number of carbonyl (C=O) groups is 2. The molecular formula is C24H21FN6O3. The third kappa shape index (κ3) is 3.01. The number of rotatable bonds is 4. The summed E-state index contributed by atoms with van der Waals surface area (Å²) in [4.78, 5) is 46.7. The Balaban J connectivity index is 1.39. The number of hydrogen-bond acceptors (Lipinski definition) is 6. The first-order valence-corrected chi connectivity index (χ1v) is 11.1. The molecule has 1 aliphatic heterocycles. The van der Waals surface area contributed by atoms with Gasteiger partial charge >= 0.3 is 0 Å². The average molecular weight is 460 g/mol. The minimum absolute atomic E-state index is 0.0146. The van der Waals surface area contributed by atoms with E-state index < -0.39 is 23.3 Å². The van der Waals surface area contributed by atoms with Gasteiger partial charge in [-0.15, -0.1) is 0 Å². The summed E-state index contributed by atoms with van der Waals surface area (Å²) >= 11 is 0. The Labute approximate surface area is 193 Å². The maximum Gasteiger partial charge on any atom is 0.276 e. The molecule has 1 fully saturated rings. The van der Waals surface area contributed by atoms with Gasteiger partial charge in [0.25, 0.3) is 11.5 Å². The minimum Gasteiger partial charge on any atom is -0.336 e. The number of amides is 2. The number of pyridine rings is 1. The fraction of sp³-hybridized carbons (Fsp3) is 0.292. The minimum atomic E-state index is -1.58. The number of carbonyl (C=O) groups excluding carboxylic acids is 2. The van der Waals surface area contributed by atoms with Gasteiger partial charge in [0.1, 0.15) is 29.3 Å². The van der Waals surface area contributed by atoms with Crippen LogP contribution in [0.3, 0.4) is 0 Å². The second kappa shape index (κ2) is 7.21. The van der Waals surface area contributed by atoms with Gasteiger partial charge in [0.2, 0.25) is 5.91 Å². The van der Waals surface area contributed by atoms with Gasteiger partial charge in [0.05, 0.1) is 0 Å². The Kier molecular flexibility index (Phi) is 4.35. The van der Waals surface area contributed by atoms with Gasteiger partial charge < -0.3 is 16.0 Å². The largest absolute Gasteiger partial charge is 0.336 e. The zero-order valence-electron chi connectivity index (χ0n) is 18.3. The van der Waals surface area contributed by atoms with E-state index in [-0.39, 0.29) is 35.4 Å². The molecule has 2 aliphatic carbocycles. The molecule has 2 atom stereocenters. The second-order valence-corrected chi connectivity index (χ2v) is 9.02. The molecular weight excluding hydrogens is 439 g/mol. The summed E-state index contributed by atoms with van der Waals surface area (Å²) in [5.41, 5.74) is -0.0505. The van der Waals surface area contributed by atoms with Crippen molar-refractivity contribution in [3.05, 3.63) is 75.5 Å². The number of hydrogen-bond donors (Lipinski definition) is 3. The highest BCUT2D eigenvalue weighted by Gasteiger charge is 2.55. The number of aryl methyl sites for hydroxylation is 1. The molecule has 0 saturated heterocycles. The van der Waals surface area contributed by atoms with Crippen molar-refractivity contribution in [3.63, 3.8) is 0 Å². The van der Waals surface area contributed by atoms with Crippen molar-refractivity contribution in [2.24, 2.45) is 5.92 Å². The van der Waals surface area contributed by atoms with Gasteiger partial charge in [-0.3, -0.25) is 19.0 Å². The van der Waals surface area contributed by atoms with Crippen LogP contribution in [0.4, 0.5) is 21.7 Å². The summed E-state index contributed by atoms with van der Waals surface area (Å²) in [5.74, 6) is 0.0377. The van der Waals surface area contributed by atoms with Crippen LogP contribution < -0.4 is 21.5 Å². The summed E-state index contributed by atoms with van der Waals surface area (Å²) in [7, 11) is 0. The average Bonchev–Trinajstić information content (AvgIpc) is 3.57. The van der Waals surface area contributed by atoms with Gasteiger partial charge in [-0.1, -0.05) is 24.3 Å². The van der Waals surface area contributed by atoms with Crippen LogP contribution in [-0.4, -0.2) is 26.3 Å². The van der Waals surface area contributed by atoms with Gasteiger partial charge in [-0.2, -0.15) is 0 Å². The van der Waals surface area contributed by atoms with Crippen LogP contribution >= 0.6 is 0 Å². The van der Waals surface area contributed by atoms with Crippen molar-refractivity contribution in [1.82, 2.24) is 19.9 Å². The van der Waals surface area contributed by atoms with Crippen LogP contribution in [0.5, 0.6) is 0 Å². The van der Waals surface area contributed by atoms with Crippen LogP contribution in [0.2, 0.25) is 0 Å². The predicted molar refractivity (Wildman–Crippen MR) is 122 cm³/mol. The number of anilines is 3. The molecule has 2 unspecified atom stereocenters. The smallest absolute Gasteiger partial charge is 0.276 e. The quantitative estimate of drug-likeness (QED) is 0.551. The number of nitrogens with zero attached hydrogens (tertiary/aromatic N) is 3. The number of halogens is 1. The highest BCUT2D eigenvalue weighted by atomic mass is 19.1. The summed E-state index contributed by atoms with van der Waals surface area (Å²) in [6.45, 7) is 1.70. The van der Waals surface area contributed by atoms with Gasteiger partial charge in [-0.05, 0) is 42.5 Å². The Morgan fingerprint density at radius 2 is 1.94 bits per heavy atom. The molecule has 1 saturated carbocycles. The molecule has 10 heteroatoms. The van der Waals surface area contributed by atoms with E-state index in [2.05, 4.69) is 25.9 Å². The maximum atomic E-state index is 15.8. The fourth-order valence-corrected chi connectivity index (χ4v) is 4.89. The molecule has 2 aromatic heterocycles. The number of aromatic nitrogens is 3. The lowest BCUT2D eigenvalue weighted by Crippen LogP contribution is -2.49. The zero-order valence-corrected chi connectivity index (χ0v) is 18.3. The van der Waals surface area contributed by atoms with Crippen molar-refractivity contribution >= 4 is 29.1 Å². The molecule has 3 aromatic rings. The van der Waals surface area contributed by atoms with E-state index in [1.807, 2.05) is 6.07 Å². The standard InChI is InChI=1S/C24H21FN6O3/c1-12-8-16(28-17-9-18(27-11-26-17)29-21(32)13-6-7-13)23(34)31-19(12)22(33)30-24(31)10-14-4-2-3-5-15(14)20(24)25/h2-5,8-9,11,13,20H,6-7,10H2,1H3,(H,30,33)(H2,26,27,28,29,32). The number of benzene rings is 1. The number of alkyl halides is 1. The van der Waals surface area contributed by atoms with Crippen LogP contribution in [-0.2, 0) is 16.9 Å². The van der Waals surface area contributed by atoms with Crippen LogP contribution in [0.25, 0.3) is 0 Å². The Morgan fingerprint density at radius 1 is 1.18 bits per heavy atom. The third-order valence-electron chi connectivity index (χ3n) is 6.67. The van der Waals surface area contributed by atoms with E-state index in [1.54, 1.807) is 31.2 Å². The van der Waals surface area contributed by atoms with Gasteiger partial charge in [-0.25, -0.2) is 14.4 Å². The Morgan fingerprint density at radius 3 is 2.71 bits per heavy atom. The molecule has 1 spiro atoms. The topological polar surface area (TPSA) is 118 Å². The van der Waals surface area contributed by atoms with Crippen molar-refractivity contribution in [1.29, 1.82) is 0 Å². The first-order chi connectivity index (χ1) is 16.4. The van der Waals surface area contributed by atoms with E-state index in [0.29, 0.717) is 16.9 Å². The van der Waals surface area contributed by atoms with E-state index >= 15 is 4.39 Å². The monoisotopic (exact) mass is 460 g/mol. The van der Waals surface area contributed by atoms with Crippen LogP contribution in [0, 0.1) is 12.8 Å². The van der Waals surface area contributed by atoms with E-state index in [4.69, 9.17) is 0 Å². The zero-order chi connectivity index (χ0) is 23.6. The van der Waals surface area contributed by atoms with E-state index in [1.165, 1.54) is 17.0 Å². The molecule has 34 heavy (non-hydrogen) atoms. The highest BCUT2D eigenvalue weighted by molar-refractivity contribution is 5.97. The Bertz CT molecular complexity index is 1430. The molecule has 1 aromatic carbocycles. The van der Waals surface area contributed by atoms with Crippen molar-refractivity contribution < 1.29 is 14.0 Å². The van der Waals surface area contributed by atoms with Crippen molar-refractivity contribution in [2.45, 2.75) is 38.0 Å². The fourth-order valence-electron chi connectivity index (χ4n) is 4.89. The molecule has 9 nitrogen and oxygen atoms in total. The van der Waals surface area contributed by atoms with Crippen LogP contribution in [0.1, 0.15) is 46.2 Å². The molecule has 172 valence electrons. The summed E-state index contributed by atoms with van der Waals surface area (Å²) < 4.78 is 17.0. The molecule has 6 rings (SSSR count). The molecule has 0 radical (unpaired) electrons. The molecule has 3 aliphatic rings. The maximum absolute atomic E-state index is 15.8. The number of fused-ring (bicyclic) bond motifs is 3. The van der Waals surface area contributed by atoms with Crippen molar-refractivity contribution in [2.75, 3.05) is 10.6 Å². The SMILES string of the molecule is Cc1cc(Nc2cc(NC(=O)C3CC3)ncn2)c(=O)n2c1C(=O)NC21Cc2ccccc2C1F.